The van der Waals surface area contributed by atoms with Crippen molar-refractivity contribution in [1.29, 1.82) is 0 Å². The van der Waals surface area contributed by atoms with Gasteiger partial charge in [0, 0.05) is 12.2 Å². The van der Waals surface area contributed by atoms with Crippen LogP contribution in [-0.2, 0) is 4.79 Å². The molecule has 2 N–H and O–H groups in total. The lowest BCUT2D eigenvalue weighted by Crippen LogP contribution is -2.26. The topological polar surface area (TPSA) is 97.1 Å². The van der Waals surface area contributed by atoms with E-state index in [0.29, 0.717) is 16.6 Å². The number of carboxylic acids is 1. The van der Waals surface area contributed by atoms with Crippen LogP contribution in [0.1, 0.15) is 48.8 Å². The van der Waals surface area contributed by atoms with Crippen LogP contribution in [0, 0.1) is 6.92 Å². The number of carbonyl (C=O) groups is 2. The van der Waals surface area contributed by atoms with E-state index in [9.17, 15) is 9.59 Å². The molecule has 0 bridgehead atoms. The van der Waals surface area contributed by atoms with E-state index in [1.54, 1.807) is 12.3 Å². The Bertz CT molecular complexity index is 708. The summed E-state index contributed by atoms with van der Waals surface area (Å²) in [5.74, 6) is -1.25. The molecule has 1 unspecified atom stereocenters. The summed E-state index contributed by atoms with van der Waals surface area (Å²) in [6, 6.07) is 1.89. The Hall–Kier alpha value is -2.44. The minimum Gasteiger partial charge on any atom is -0.481 e. The van der Waals surface area contributed by atoms with Crippen LogP contribution >= 0.6 is 0 Å². The average molecular weight is 304 g/mol. The molecule has 118 valence electrons. The molecule has 22 heavy (non-hydrogen) atoms. The Morgan fingerprint density at radius 3 is 2.82 bits per heavy atom. The second-order valence-corrected chi connectivity index (χ2v) is 5.29. The summed E-state index contributed by atoms with van der Waals surface area (Å²) >= 11 is 0. The van der Waals surface area contributed by atoms with Crippen molar-refractivity contribution in [2.75, 3.05) is 6.54 Å². The summed E-state index contributed by atoms with van der Waals surface area (Å²) < 4.78 is 1.82. The monoisotopic (exact) mass is 304 g/mol. The zero-order valence-electron chi connectivity index (χ0n) is 13.0. The second-order valence-electron chi connectivity index (χ2n) is 5.29. The van der Waals surface area contributed by atoms with E-state index >= 15 is 0 Å². The summed E-state index contributed by atoms with van der Waals surface area (Å²) in [5.41, 5.74) is 1.88. The Balaban J connectivity index is 2.35. The van der Waals surface area contributed by atoms with Crippen molar-refractivity contribution >= 4 is 22.9 Å². The number of nitrogens with one attached hydrogen (secondary N) is 1. The van der Waals surface area contributed by atoms with Gasteiger partial charge in [0.15, 0.2) is 5.65 Å². The Kier molecular flexibility index (Phi) is 4.75. The minimum atomic E-state index is -0.944. The second kappa shape index (κ2) is 6.55. The third kappa shape index (κ3) is 3.24. The number of aryl methyl sites for hydroxylation is 1. The number of fused-ring (bicyclic) bond motifs is 1. The van der Waals surface area contributed by atoms with Gasteiger partial charge in [-0.25, -0.2) is 9.67 Å². The number of nitrogens with zero attached hydrogens (tertiary/aromatic N) is 3. The Morgan fingerprint density at radius 1 is 1.45 bits per heavy atom. The maximum atomic E-state index is 12.3. The summed E-state index contributed by atoms with van der Waals surface area (Å²) in [4.78, 5) is 27.3. The molecule has 2 aromatic heterocycles. The molecule has 0 fully saturated rings. The van der Waals surface area contributed by atoms with E-state index in [1.165, 1.54) is 0 Å². The minimum absolute atomic E-state index is 0.0938. The molecule has 1 amide bonds. The van der Waals surface area contributed by atoms with Gasteiger partial charge in [0.2, 0.25) is 0 Å². The molecule has 0 saturated heterocycles. The number of carboxylic acid groups (broad SMARTS) is 1. The van der Waals surface area contributed by atoms with E-state index in [4.69, 9.17) is 5.11 Å². The SMILES string of the molecule is CCC(C)n1ncc2c(C(=O)NCCC(=O)O)cc(C)nc21. The van der Waals surface area contributed by atoms with Gasteiger partial charge in [-0.15, -0.1) is 0 Å². The van der Waals surface area contributed by atoms with Crippen molar-refractivity contribution in [2.24, 2.45) is 0 Å². The van der Waals surface area contributed by atoms with Crippen molar-refractivity contribution in [3.8, 4) is 0 Å². The van der Waals surface area contributed by atoms with Gasteiger partial charge in [-0.3, -0.25) is 9.59 Å². The standard InChI is InChI=1S/C15H20N4O3/c1-4-10(3)19-14-12(8-17-19)11(7-9(2)18-14)15(22)16-6-5-13(20)21/h7-8,10H,4-6H2,1-3H3,(H,16,22)(H,20,21). The summed E-state index contributed by atoms with van der Waals surface area (Å²) in [6.45, 7) is 6.02. The molecule has 0 radical (unpaired) electrons. The first-order valence-electron chi connectivity index (χ1n) is 7.28. The first kappa shape index (κ1) is 15.9. The average Bonchev–Trinajstić information content (AvgIpc) is 2.88. The third-order valence-corrected chi connectivity index (χ3v) is 3.57. The van der Waals surface area contributed by atoms with Crippen LogP contribution in [0.2, 0.25) is 0 Å². The molecule has 0 aliphatic heterocycles. The number of aliphatic carboxylic acids is 1. The number of rotatable bonds is 6. The normalized spacial score (nSPS) is 12.3. The van der Waals surface area contributed by atoms with Gasteiger partial charge in [-0.2, -0.15) is 5.10 Å². The molecule has 7 heteroatoms. The molecule has 0 saturated carbocycles. The summed E-state index contributed by atoms with van der Waals surface area (Å²) in [7, 11) is 0. The van der Waals surface area contributed by atoms with Crippen LogP contribution < -0.4 is 5.32 Å². The smallest absolute Gasteiger partial charge is 0.305 e. The van der Waals surface area contributed by atoms with E-state index in [0.717, 1.165) is 12.1 Å². The first-order chi connectivity index (χ1) is 10.4. The summed E-state index contributed by atoms with van der Waals surface area (Å²) in [5, 5.41) is 16.3. The van der Waals surface area contributed by atoms with Crippen molar-refractivity contribution in [2.45, 2.75) is 39.7 Å². The van der Waals surface area contributed by atoms with Gasteiger partial charge in [-0.05, 0) is 26.3 Å². The van der Waals surface area contributed by atoms with Crippen LogP contribution in [0.15, 0.2) is 12.3 Å². The lowest BCUT2D eigenvalue weighted by Gasteiger charge is -2.11. The van der Waals surface area contributed by atoms with Crippen LogP contribution in [0.25, 0.3) is 11.0 Å². The number of aromatic nitrogens is 3. The quantitative estimate of drug-likeness (QED) is 0.849. The predicted molar refractivity (Wildman–Crippen MR) is 81.9 cm³/mol. The molecule has 0 spiro atoms. The van der Waals surface area contributed by atoms with Crippen LogP contribution in [0.5, 0.6) is 0 Å². The van der Waals surface area contributed by atoms with Crippen LogP contribution in [0.4, 0.5) is 0 Å². The van der Waals surface area contributed by atoms with Crippen molar-refractivity contribution in [3.63, 3.8) is 0 Å². The van der Waals surface area contributed by atoms with E-state index in [-0.39, 0.29) is 24.9 Å². The Labute approximate surface area is 128 Å². The van der Waals surface area contributed by atoms with Gasteiger partial charge in [-0.1, -0.05) is 6.92 Å². The number of hydrogen-bond donors (Lipinski definition) is 2. The van der Waals surface area contributed by atoms with Gasteiger partial charge in [0.05, 0.1) is 29.6 Å². The molecule has 7 nitrogen and oxygen atoms in total. The molecular weight excluding hydrogens is 284 g/mol. The van der Waals surface area contributed by atoms with Crippen molar-refractivity contribution in [3.05, 3.63) is 23.5 Å². The highest BCUT2D eigenvalue weighted by Crippen LogP contribution is 2.22. The zero-order chi connectivity index (χ0) is 16.3. The van der Waals surface area contributed by atoms with E-state index in [2.05, 4.69) is 22.3 Å². The molecule has 0 aliphatic carbocycles. The summed E-state index contributed by atoms with van der Waals surface area (Å²) in [6.07, 6.45) is 2.44. The zero-order valence-corrected chi connectivity index (χ0v) is 13.0. The van der Waals surface area contributed by atoms with Crippen LogP contribution in [0.3, 0.4) is 0 Å². The van der Waals surface area contributed by atoms with Crippen molar-refractivity contribution in [1.82, 2.24) is 20.1 Å². The fraction of sp³-hybridized carbons (Fsp3) is 0.467. The van der Waals surface area contributed by atoms with Gasteiger partial charge < -0.3 is 10.4 Å². The fourth-order valence-corrected chi connectivity index (χ4v) is 2.20. The third-order valence-electron chi connectivity index (χ3n) is 3.57. The predicted octanol–water partition coefficient (Wildman–Crippen LogP) is 1.92. The number of hydrogen-bond acceptors (Lipinski definition) is 4. The molecule has 2 rings (SSSR count). The van der Waals surface area contributed by atoms with Crippen molar-refractivity contribution < 1.29 is 14.7 Å². The molecule has 2 heterocycles. The number of carbonyl (C=O) groups excluding carboxylic acids is 1. The van der Waals surface area contributed by atoms with Gasteiger partial charge >= 0.3 is 5.97 Å². The lowest BCUT2D eigenvalue weighted by atomic mass is 10.1. The molecule has 2 aromatic rings. The maximum Gasteiger partial charge on any atom is 0.305 e. The molecule has 0 aromatic carbocycles. The van der Waals surface area contributed by atoms with E-state index < -0.39 is 5.97 Å². The highest BCUT2D eigenvalue weighted by molar-refractivity contribution is 6.05. The first-order valence-corrected chi connectivity index (χ1v) is 7.28. The highest BCUT2D eigenvalue weighted by Gasteiger charge is 2.17. The van der Waals surface area contributed by atoms with E-state index in [1.807, 2.05) is 18.5 Å². The number of amides is 1. The largest absolute Gasteiger partial charge is 0.481 e. The fourth-order valence-electron chi connectivity index (χ4n) is 2.20. The molecule has 1 atom stereocenters. The molecule has 0 aliphatic rings. The lowest BCUT2D eigenvalue weighted by molar-refractivity contribution is -0.136. The molecular formula is C15H20N4O3. The van der Waals surface area contributed by atoms with Gasteiger partial charge in [0.1, 0.15) is 0 Å². The maximum absolute atomic E-state index is 12.3. The Morgan fingerprint density at radius 2 is 2.18 bits per heavy atom. The van der Waals surface area contributed by atoms with Crippen LogP contribution in [-0.4, -0.2) is 38.3 Å². The van der Waals surface area contributed by atoms with Gasteiger partial charge in [0.25, 0.3) is 5.91 Å². The highest BCUT2D eigenvalue weighted by atomic mass is 16.4. The number of pyridine rings is 1.